The van der Waals surface area contributed by atoms with Crippen molar-refractivity contribution in [3.8, 4) is 11.1 Å². The molecule has 0 fully saturated rings. The molecule has 206 valence electrons. The normalized spacial score (nSPS) is 13.3. The summed E-state index contributed by atoms with van der Waals surface area (Å²) in [5.41, 5.74) is 10.6. The molecule has 1 aliphatic rings. The molecule has 4 heteroatoms. The number of aliphatic imine (C=N–C) groups is 2. The van der Waals surface area contributed by atoms with Gasteiger partial charge in [0.25, 0.3) is 0 Å². The summed E-state index contributed by atoms with van der Waals surface area (Å²) in [6.07, 6.45) is 3.69. The monoisotopic (exact) mass is 592 g/mol. The minimum absolute atomic E-state index is 0.489. The second-order valence-electron chi connectivity index (χ2n) is 10.6. The first-order valence-corrected chi connectivity index (χ1v) is 14.9. The second-order valence-corrected chi connectivity index (χ2v) is 11.4. The van der Waals surface area contributed by atoms with Crippen molar-refractivity contribution in [3.63, 3.8) is 0 Å². The lowest BCUT2D eigenvalue weighted by Crippen LogP contribution is -2.28. The molecular weight excluding hydrogens is 567 g/mol. The van der Waals surface area contributed by atoms with Crippen molar-refractivity contribution in [2.45, 2.75) is 5.41 Å². The maximum Gasteiger partial charge on any atom is 0.0713 e. The van der Waals surface area contributed by atoms with Gasteiger partial charge in [0, 0.05) is 22.5 Å². The summed E-state index contributed by atoms with van der Waals surface area (Å²) in [4.78, 5) is 9.45. The van der Waals surface area contributed by atoms with Crippen molar-refractivity contribution in [1.29, 1.82) is 0 Å². The van der Waals surface area contributed by atoms with Gasteiger partial charge in [-0.2, -0.15) is 0 Å². The molecule has 0 saturated carbocycles. The highest BCUT2D eigenvalue weighted by atomic mass is 35.5. The minimum Gasteiger partial charge on any atom is -0.256 e. The van der Waals surface area contributed by atoms with Crippen LogP contribution in [0.15, 0.2) is 156 Å². The highest BCUT2D eigenvalue weighted by molar-refractivity contribution is 6.31. The third-order valence-electron chi connectivity index (χ3n) is 7.98. The van der Waals surface area contributed by atoms with Gasteiger partial charge in [0.15, 0.2) is 0 Å². The zero-order valence-corrected chi connectivity index (χ0v) is 24.7. The van der Waals surface area contributed by atoms with Crippen LogP contribution in [-0.2, 0) is 5.41 Å². The molecular formula is C39H26Cl2N2. The van der Waals surface area contributed by atoms with Crippen molar-refractivity contribution in [1.82, 2.24) is 0 Å². The number of hydrogen-bond donors (Lipinski definition) is 0. The largest absolute Gasteiger partial charge is 0.256 e. The highest BCUT2D eigenvalue weighted by Gasteiger charge is 2.45. The summed E-state index contributed by atoms with van der Waals surface area (Å²) in [5, 5.41) is 1.39. The van der Waals surface area contributed by atoms with Crippen LogP contribution >= 0.6 is 23.2 Å². The molecule has 0 radical (unpaired) electrons. The lowest BCUT2D eigenvalue weighted by Gasteiger charge is -2.34. The molecule has 0 amide bonds. The number of rotatable bonds is 6. The second kappa shape index (κ2) is 11.5. The minimum atomic E-state index is -0.489. The number of halogens is 2. The summed E-state index contributed by atoms with van der Waals surface area (Å²) in [6, 6.07) is 50.0. The number of nitrogens with zero attached hydrogens (tertiary/aromatic N) is 2. The van der Waals surface area contributed by atoms with Crippen LogP contribution < -0.4 is 0 Å². The Morgan fingerprint density at radius 3 is 1.28 bits per heavy atom. The molecule has 2 nitrogen and oxygen atoms in total. The van der Waals surface area contributed by atoms with Gasteiger partial charge in [0.05, 0.1) is 16.8 Å². The Bertz CT molecular complexity index is 1840. The summed E-state index contributed by atoms with van der Waals surface area (Å²) in [6.45, 7) is 0. The number of benzene rings is 6. The first kappa shape index (κ1) is 27.1. The van der Waals surface area contributed by atoms with E-state index < -0.39 is 5.41 Å². The first-order chi connectivity index (χ1) is 21.1. The average molecular weight is 594 g/mol. The van der Waals surface area contributed by atoms with Crippen LogP contribution in [0.5, 0.6) is 0 Å². The lowest BCUT2D eigenvalue weighted by atomic mass is 9.67. The van der Waals surface area contributed by atoms with Gasteiger partial charge in [-0.25, -0.2) is 0 Å². The first-order valence-electron chi connectivity index (χ1n) is 14.1. The standard InChI is InChI=1S/C39H26Cl2N2/c40-31-9-5-7-27(23-31)25-42-33-19-15-29(16-20-33)39(37-13-3-1-11-35(37)36-12-2-4-14-38(36)39)30-17-21-34(22-18-30)43-26-28-8-6-10-32(41)24-28/h1-26H. The van der Waals surface area contributed by atoms with Crippen LogP contribution in [0.3, 0.4) is 0 Å². The smallest absolute Gasteiger partial charge is 0.0713 e. The van der Waals surface area contributed by atoms with Crippen molar-refractivity contribution >= 4 is 47.0 Å². The van der Waals surface area contributed by atoms with E-state index in [1.165, 1.54) is 33.4 Å². The SMILES string of the molecule is Clc1cccc(C=Nc2ccc(C3(c4ccc(N=Cc5cccc(Cl)c5)cc4)c4ccccc4-c4ccccc43)cc2)c1. The van der Waals surface area contributed by atoms with E-state index in [2.05, 4.69) is 97.1 Å². The molecule has 43 heavy (non-hydrogen) atoms. The van der Waals surface area contributed by atoms with Crippen molar-refractivity contribution < 1.29 is 0 Å². The Kier molecular flexibility index (Phi) is 7.24. The molecule has 0 unspecified atom stereocenters. The fourth-order valence-corrected chi connectivity index (χ4v) is 6.49. The molecule has 0 spiro atoms. The number of hydrogen-bond acceptors (Lipinski definition) is 2. The molecule has 0 aliphatic heterocycles. The van der Waals surface area contributed by atoms with E-state index in [4.69, 9.17) is 33.2 Å². The zero-order valence-electron chi connectivity index (χ0n) is 23.2. The highest BCUT2D eigenvalue weighted by Crippen LogP contribution is 2.56. The van der Waals surface area contributed by atoms with Crippen molar-refractivity contribution in [2.24, 2.45) is 9.98 Å². The Morgan fingerprint density at radius 1 is 0.442 bits per heavy atom. The molecule has 0 bridgehead atoms. The molecule has 0 heterocycles. The average Bonchev–Trinajstić information content (AvgIpc) is 3.35. The molecule has 1 aliphatic carbocycles. The van der Waals surface area contributed by atoms with Gasteiger partial charge >= 0.3 is 0 Å². The third kappa shape index (κ3) is 5.10. The summed E-state index contributed by atoms with van der Waals surface area (Å²) in [7, 11) is 0. The molecule has 6 aromatic rings. The molecule has 0 saturated heterocycles. The summed E-state index contributed by atoms with van der Waals surface area (Å²) < 4.78 is 0. The van der Waals surface area contributed by atoms with Gasteiger partial charge in [-0.15, -0.1) is 0 Å². The van der Waals surface area contributed by atoms with Gasteiger partial charge < -0.3 is 0 Å². The van der Waals surface area contributed by atoms with Crippen LogP contribution in [0.1, 0.15) is 33.4 Å². The predicted molar refractivity (Wildman–Crippen MR) is 181 cm³/mol. The van der Waals surface area contributed by atoms with E-state index >= 15 is 0 Å². The molecule has 0 N–H and O–H groups in total. The molecule has 0 atom stereocenters. The maximum absolute atomic E-state index is 6.16. The zero-order chi connectivity index (χ0) is 29.2. The van der Waals surface area contributed by atoms with Crippen LogP contribution in [0.2, 0.25) is 10.0 Å². The Hall–Kier alpha value is -4.76. The van der Waals surface area contributed by atoms with Gasteiger partial charge in [0.2, 0.25) is 0 Å². The van der Waals surface area contributed by atoms with E-state index in [0.29, 0.717) is 10.0 Å². The number of fused-ring (bicyclic) bond motifs is 3. The Balaban J connectivity index is 1.32. The molecule has 7 rings (SSSR count). The van der Waals surface area contributed by atoms with Gasteiger partial charge in [-0.05, 0) is 93.0 Å². The van der Waals surface area contributed by atoms with E-state index in [1.807, 2.05) is 61.0 Å². The van der Waals surface area contributed by atoms with Crippen LogP contribution in [0.4, 0.5) is 11.4 Å². The fraction of sp³-hybridized carbons (Fsp3) is 0.0256. The van der Waals surface area contributed by atoms with Crippen LogP contribution in [-0.4, -0.2) is 12.4 Å². The van der Waals surface area contributed by atoms with Gasteiger partial charge in [0.1, 0.15) is 0 Å². The Morgan fingerprint density at radius 2 is 0.860 bits per heavy atom. The van der Waals surface area contributed by atoms with Gasteiger partial charge in [-0.3, -0.25) is 9.98 Å². The van der Waals surface area contributed by atoms with Crippen molar-refractivity contribution in [2.75, 3.05) is 0 Å². The van der Waals surface area contributed by atoms with E-state index in [1.54, 1.807) is 0 Å². The van der Waals surface area contributed by atoms with Crippen LogP contribution in [0, 0.1) is 0 Å². The van der Waals surface area contributed by atoms with Gasteiger partial charge in [-0.1, -0.05) is 120 Å². The quantitative estimate of drug-likeness (QED) is 0.171. The maximum atomic E-state index is 6.16. The molecule has 0 aromatic heterocycles. The summed E-state index contributed by atoms with van der Waals surface area (Å²) in [5.74, 6) is 0. The topological polar surface area (TPSA) is 24.7 Å². The lowest BCUT2D eigenvalue weighted by molar-refractivity contribution is 0.768. The Labute approximate surface area is 261 Å². The predicted octanol–water partition coefficient (Wildman–Crippen LogP) is 10.9. The summed E-state index contributed by atoms with van der Waals surface area (Å²) >= 11 is 12.3. The van der Waals surface area contributed by atoms with E-state index in [0.717, 1.165) is 22.5 Å². The van der Waals surface area contributed by atoms with Crippen LogP contribution in [0.25, 0.3) is 11.1 Å². The van der Waals surface area contributed by atoms with Crippen molar-refractivity contribution in [3.05, 3.63) is 189 Å². The van der Waals surface area contributed by atoms with E-state index in [9.17, 15) is 0 Å². The third-order valence-corrected chi connectivity index (χ3v) is 8.45. The molecule has 6 aromatic carbocycles. The fourth-order valence-electron chi connectivity index (χ4n) is 6.09. The van der Waals surface area contributed by atoms with E-state index in [-0.39, 0.29) is 0 Å².